The number of hydrogen-bond acceptors (Lipinski definition) is 6. The number of amides is 2. The smallest absolute Gasteiger partial charge is 0.344 e. The zero-order chi connectivity index (χ0) is 25.8. The minimum atomic E-state index is -0.529. The molecule has 0 spiro atoms. The van der Waals surface area contributed by atoms with Gasteiger partial charge in [0, 0.05) is 5.56 Å². The van der Waals surface area contributed by atoms with Crippen molar-refractivity contribution in [1.29, 1.82) is 0 Å². The minimum Gasteiger partial charge on any atom is -0.481 e. The van der Waals surface area contributed by atoms with Crippen LogP contribution in [0.15, 0.2) is 88.4 Å². The second-order valence-corrected chi connectivity index (χ2v) is 8.44. The van der Waals surface area contributed by atoms with Crippen LogP contribution in [0, 0.1) is 0 Å². The van der Waals surface area contributed by atoms with E-state index < -0.39 is 12.0 Å². The van der Waals surface area contributed by atoms with Gasteiger partial charge in [-0.1, -0.05) is 48.5 Å². The van der Waals surface area contributed by atoms with Crippen LogP contribution in [0.5, 0.6) is 5.75 Å². The molecule has 3 aromatic carbocycles. The average molecular weight is 552 g/mol. The molecule has 3 rings (SSSR count). The van der Waals surface area contributed by atoms with Gasteiger partial charge in [0.2, 0.25) is 5.91 Å². The second kappa shape index (κ2) is 13.8. The van der Waals surface area contributed by atoms with Crippen LogP contribution in [0.1, 0.15) is 40.9 Å². The summed E-state index contributed by atoms with van der Waals surface area (Å²) in [5.41, 5.74) is 4.52. The largest absolute Gasteiger partial charge is 0.481 e. The number of ether oxygens (including phenoxy) is 2. The van der Waals surface area contributed by atoms with Crippen molar-refractivity contribution in [3.8, 4) is 5.75 Å². The molecule has 0 aliphatic rings. The van der Waals surface area contributed by atoms with E-state index in [1.165, 1.54) is 6.21 Å². The van der Waals surface area contributed by atoms with Gasteiger partial charge in [-0.05, 0) is 64.3 Å². The molecule has 8 nitrogen and oxygen atoms in total. The first-order valence-corrected chi connectivity index (χ1v) is 12.1. The molecule has 0 aliphatic heterocycles. The zero-order valence-electron chi connectivity index (χ0n) is 19.6. The number of halogens is 1. The first-order valence-electron chi connectivity index (χ1n) is 11.3. The summed E-state index contributed by atoms with van der Waals surface area (Å²) >= 11 is 3.39. The number of carbonyl (C=O) groups is 3. The molecule has 2 amide bonds. The van der Waals surface area contributed by atoms with Gasteiger partial charge in [0.15, 0.2) is 6.61 Å². The molecule has 0 radical (unpaired) electrons. The maximum Gasteiger partial charge on any atom is 0.344 e. The van der Waals surface area contributed by atoms with Crippen molar-refractivity contribution in [3.05, 3.63) is 100 Å². The Morgan fingerprint density at radius 1 is 1.00 bits per heavy atom. The van der Waals surface area contributed by atoms with Crippen LogP contribution in [0.25, 0.3) is 0 Å². The lowest BCUT2D eigenvalue weighted by Gasteiger charge is -2.18. The molecule has 186 valence electrons. The van der Waals surface area contributed by atoms with Crippen LogP contribution >= 0.6 is 15.9 Å². The van der Waals surface area contributed by atoms with Crippen molar-refractivity contribution in [1.82, 2.24) is 10.7 Å². The fourth-order valence-electron chi connectivity index (χ4n) is 3.23. The lowest BCUT2D eigenvalue weighted by atomic mass is 10.0. The van der Waals surface area contributed by atoms with Crippen LogP contribution in [0.4, 0.5) is 0 Å². The third kappa shape index (κ3) is 8.35. The Balaban J connectivity index is 1.59. The van der Waals surface area contributed by atoms with Crippen molar-refractivity contribution >= 4 is 39.9 Å². The second-order valence-electron chi connectivity index (χ2n) is 7.58. The molecular formula is C27H26BrN3O5. The summed E-state index contributed by atoms with van der Waals surface area (Å²) in [6, 6.07) is 22.7. The van der Waals surface area contributed by atoms with E-state index in [4.69, 9.17) is 9.47 Å². The number of benzene rings is 3. The maximum atomic E-state index is 12.7. The number of esters is 1. The van der Waals surface area contributed by atoms with Gasteiger partial charge < -0.3 is 14.8 Å². The molecule has 0 aliphatic carbocycles. The van der Waals surface area contributed by atoms with E-state index in [0.717, 1.165) is 5.56 Å². The standard InChI is InChI=1S/C27H26BrN3O5/c1-2-35-26(33)18-36-24-14-13-19(15-22(24)28)17-29-31-25(32)16-23(20-9-5-3-6-10-20)30-27(34)21-11-7-4-8-12-21/h3-15,17,23H,2,16,18H2,1H3,(H,30,34)(H,31,32)/b29-17-/t23-/m0/s1. The highest BCUT2D eigenvalue weighted by atomic mass is 79.9. The summed E-state index contributed by atoms with van der Waals surface area (Å²) in [6.07, 6.45) is 1.49. The molecule has 0 heterocycles. The van der Waals surface area contributed by atoms with Crippen molar-refractivity contribution in [2.24, 2.45) is 5.10 Å². The number of carbonyl (C=O) groups excluding carboxylic acids is 3. The topological polar surface area (TPSA) is 106 Å². The number of nitrogens with one attached hydrogen (secondary N) is 2. The Bertz CT molecular complexity index is 1200. The van der Waals surface area contributed by atoms with E-state index in [9.17, 15) is 14.4 Å². The highest BCUT2D eigenvalue weighted by molar-refractivity contribution is 9.10. The molecule has 1 atom stereocenters. The molecule has 0 fully saturated rings. The first-order chi connectivity index (χ1) is 17.5. The predicted octanol–water partition coefficient (Wildman–Crippen LogP) is 4.40. The highest BCUT2D eigenvalue weighted by Gasteiger charge is 2.19. The van der Waals surface area contributed by atoms with Gasteiger partial charge >= 0.3 is 5.97 Å². The van der Waals surface area contributed by atoms with Crippen molar-refractivity contribution in [2.45, 2.75) is 19.4 Å². The lowest BCUT2D eigenvalue weighted by Crippen LogP contribution is -2.32. The predicted molar refractivity (Wildman–Crippen MR) is 140 cm³/mol. The summed E-state index contributed by atoms with van der Waals surface area (Å²) < 4.78 is 10.9. The Morgan fingerprint density at radius 2 is 1.69 bits per heavy atom. The lowest BCUT2D eigenvalue weighted by molar-refractivity contribution is -0.145. The normalized spacial score (nSPS) is 11.5. The number of rotatable bonds is 11. The van der Waals surface area contributed by atoms with Gasteiger partial charge in [0.1, 0.15) is 5.75 Å². The molecule has 9 heteroatoms. The third-order valence-electron chi connectivity index (χ3n) is 4.94. The van der Waals surface area contributed by atoms with Crippen LogP contribution in [-0.2, 0) is 14.3 Å². The van der Waals surface area contributed by atoms with Gasteiger partial charge in [-0.3, -0.25) is 9.59 Å². The molecule has 0 bridgehead atoms. The SMILES string of the molecule is CCOC(=O)COc1ccc(/C=N\NC(=O)C[C@H](NC(=O)c2ccccc2)c2ccccc2)cc1Br. The Labute approximate surface area is 217 Å². The summed E-state index contributed by atoms with van der Waals surface area (Å²) in [5.74, 6) is -0.603. The molecule has 0 saturated carbocycles. The van der Waals surface area contributed by atoms with Crippen molar-refractivity contribution in [2.75, 3.05) is 13.2 Å². The van der Waals surface area contributed by atoms with E-state index in [1.807, 2.05) is 36.4 Å². The first kappa shape index (κ1) is 26.6. The third-order valence-corrected chi connectivity index (χ3v) is 5.56. The Hall–Kier alpha value is -3.98. The number of hydrazone groups is 1. The highest BCUT2D eigenvalue weighted by Crippen LogP contribution is 2.25. The van der Waals surface area contributed by atoms with Crippen LogP contribution in [0.2, 0.25) is 0 Å². The van der Waals surface area contributed by atoms with Gasteiger partial charge in [0.05, 0.1) is 29.8 Å². The fourth-order valence-corrected chi connectivity index (χ4v) is 3.74. The van der Waals surface area contributed by atoms with Gasteiger partial charge in [-0.15, -0.1) is 0 Å². The Morgan fingerprint density at radius 3 is 2.36 bits per heavy atom. The van der Waals surface area contributed by atoms with Crippen molar-refractivity contribution in [3.63, 3.8) is 0 Å². The molecule has 3 aromatic rings. The van der Waals surface area contributed by atoms with E-state index in [1.54, 1.807) is 49.4 Å². The molecule has 0 unspecified atom stereocenters. The van der Waals surface area contributed by atoms with Crippen LogP contribution in [-0.4, -0.2) is 37.2 Å². The van der Waals surface area contributed by atoms with E-state index in [-0.39, 0.29) is 31.4 Å². The molecule has 36 heavy (non-hydrogen) atoms. The molecule has 0 aromatic heterocycles. The van der Waals surface area contributed by atoms with Crippen LogP contribution < -0.4 is 15.5 Å². The summed E-state index contributed by atoms with van der Waals surface area (Å²) in [5, 5.41) is 6.95. The molecule has 2 N–H and O–H groups in total. The Kier molecular flexibility index (Phi) is 10.2. The maximum absolute atomic E-state index is 12.7. The summed E-state index contributed by atoms with van der Waals surface area (Å²) in [7, 11) is 0. The fraction of sp³-hybridized carbons (Fsp3) is 0.185. The van der Waals surface area contributed by atoms with Gasteiger partial charge in [-0.2, -0.15) is 5.10 Å². The summed E-state index contributed by atoms with van der Waals surface area (Å²) in [6.45, 7) is 1.82. The zero-order valence-corrected chi connectivity index (χ0v) is 21.2. The molecular weight excluding hydrogens is 526 g/mol. The van der Waals surface area contributed by atoms with Gasteiger partial charge in [-0.25, -0.2) is 10.2 Å². The number of nitrogens with zero attached hydrogens (tertiary/aromatic N) is 1. The minimum absolute atomic E-state index is 0.00422. The summed E-state index contributed by atoms with van der Waals surface area (Å²) in [4.78, 5) is 36.7. The number of hydrogen-bond donors (Lipinski definition) is 2. The average Bonchev–Trinajstić information content (AvgIpc) is 2.89. The molecule has 0 saturated heterocycles. The van der Waals surface area contributed by atoms with Crippen LogP contribution in [0.3, 0.4) is 0 Å². The van der Waals surface area contributed by atoms with E-state index >= 15 is 0 Å². The van der Waals surface area contributed by atoms with Crippen molar-refractivity contribution < 1.29 is 23.9 Å². The quantitative estimate of drug-likeness (QED) is 0.208. The van der Waals surface area contributed by atoms with E-state index in [0.29, 0.717) is 21.3 Å². The van der Waals surface area contributed by atoms with Gasteiger partial charge in [0.25, 0.3) is 5.91 Å². The monoisotopic (exact) mass is 551 g/mol. The van der Waals surface area contributed by atoms with E-state index in [2.05, 4.69) is 31.8 Å².